The Morgan fingerprint density at radius 3 is 2.68 bits per heavy atom. The average Bonchev–Trinajstić information content (AvgIpc) is 2.68. The fourth-order valence-corrected chi connectivity index (χ4v) is 4.16. The van der Waals surface area contributed by atoms with Crippen LogP contribution in [-0.2, 0) is 11.3 Å². The van der Waals surface area contributed by atoms with Crippen LogP contribution in [-0.4, -0.2) is 51.2 Å². The molecule has 5 nitrogen and oxygen atoms in total. The number of carbonyl (C=O) groups is 1. The zero-order chi connectivity index (χ0) is 17.6. The molecule has 25 heavy (non-hydrogen) atoms. The molecule has 3 rings (SSSR count). The molecule has 2 fully saturated rings. The van der Waals surface area contributed by atoms with Gasteiger partial charge in [-0.25, -0.2) is 0 Å². The normalized spacial score (nSPS) is 24.0. The minimum Gasteiger partial charge on any atom is -0.497 e. The van der Waals surface area contributed by atoms with Crippen molar-refractivity contribution < 1.29 is 19.2 Å². The monoisotopic (exact) mass is 347 g/mol. The fraction of sp³-hybridized carbons (Fsp3) is 0.650. The van der Waals surface area contributed by atoms with Crippen molar-refractivity contribution in [3.8, 4) is 11.5 Å². The van der Waals surface area contributed by atoms with Crippen molar-refractivity contribution in [1.82, 2.24) is 4.90 Å². The van der Waals surface area contributed by atoms with Crippen molar-refractivity contribution in [2.24, 2.45) is 5.92 Å². The summed E-state index contributed by atoms with van der Waals surface area (Å²) in [5, 5.41) is 0. The summed E-state index contributed by atoms with van der Waals surface area (Å²) in [5.41, 5.74) is 1.18. The highest BCUT2D eigenvalue weighted by Gasteiger charge is 2.32. The van der Waals surface area contributed by atoms with Crippen LogP contribution < -0.4 is 14.4 Å². The number of nitrogens with zero attached hydrogens (tertiary/aromatic N) is 1. The number of ether oxygens (including phenoxy) is 2. The molecule has 0 saturated carbocycles. The number of amides is 1. The van der Waals surface area contributed by atoms with Crippen LogP contribution in [0.3, 0.4) is 0 Å². The molecule has 2 saturated heterocycles. The molecule has 0 bridgehead atoms. The number of methoxy groups -OCH3 is 2. The van der Waals surface area contributed by atoms with Crippen LogP contribution in [0.4, 0.5) is 0 Å². The summed E-state index contributed by atoms with van der Waals surface area (Å²) >= 11 is 0. The lowest BCUT2D eigenvalue weighted by Gasteiger charge is -2.34. The standard InChI is InChI=1S/C20H30N2O3/c1-24-18-9-8-16(19(13-18)25-2)14-21-10-6-7-17(15-21)20(23)22-11-4-3-5-12-22/h8-9,13,17H,3-7,10-12,14-15H2,1-2H3/p+1. The minimum atomic E-state index is 0.186. The molecule has 0 aliphatic carbocycles. The molecule has 0 spiro atoms. The Bertz CT molecular complexity index is 584. The molecule has 0 aromatic heterocycles. The summed E-state index contributed by atoms with van der Waals surface area (Å²) in [6.07, 6.45) is 5.76. The Kier molecular flexibility index (Phi) is 6.19. The number of carbonyl (C=O) groups excluding carboxylic acids is 1. The highest BCUT2D eigenvalue weighted by atomic mass is 16.5. The average molecular weight is 347 g/mol. The SMILES string of the molecule is COc1ccc(C[NH+]2CCCC(C(=O)N3CCCCC3)C2)c(OC)c1. The minimum absolute atomic E-state index is 0.186. The number of piperidine rings is 2. The summed E-state index contributed by atoms with van der Waals surface area (Å²) in [6.45, 7) is 4.87. The van der Waals surface area contributed by atoms with Crippen LogP contribution >= 0.6 is 0 Å². The van der Waals surface area contributed by atoms with Crippen molar-refractivity contribution in [3.05, 3.63) is 23.8 Å². The predicted molar refractivity (Wildman–Crippen MR) is 97.1 cm³/mol. The van der Waals surface area contributed by atoms with Gasteiger partial charge in [-0.2, -0.15) is 0 Å². The van der Waals surface area contributed by atoms with E-state index in [0.29, 0.717) is 5.91 Å². The van der Waals surface area contributed by atoms with E-state index in [1.165, 1.54) is 16.9 Å². The van der Waals surface area contributed by atoms with Gasteiger partial charge in [0.1, 0.15) is 18.0 Å². The van der Waals surface area contributed by atoms with Gasteiger partial charge in [0.25, 0.3) is 0 Å². The van der Waals surface area contributed by atoms with Crippen molar-refractivity contribution in [3.63, 3.8) is 0 Å². The predicted octanol–water partition coefficient (Wildman–Crippen LogP) is 1.51. The first-order valence-corrected chi connectivity index (χ1v) is 9.54. The molecule has 1 N–H and O–H groups in total. The molecule has 2 aliphatic rings. The molecule has 1 aromatic carbocycles. The van der Waals surface area contributed by atoms with E-state index >= 15 is 0 Å². The largest absolute Gasteiger partial charge is 0.497 e. The van der Waals surface area contributed by atoms with E-state index < -0.39 is 0 Å². The Balaban J connectivity index is 1.62. The number of hydrogen-bond donors (Lipinski definition) is 1. The van der Waals surface area contributed by atoms with Gasteiger partial charge in [0.05, 0.1) is 33.2 Å². The lowest BCUT2D eigenvalue weighted by Crippen LogP contribution is -3.12. The smallest absolute Gasteiger partial charge is 0.231 e. The van der Waals surface area contributed by atoms with Crippen molar-refractivity contribution in [2.45, 2.75) is 38.6 Å². The third-order valence-corrected chi connectivity index (χ3v) is 5.57. The van der Waals surface area contributed by atoms with E-state index in [4.69, 9.17) is 9.47 Å². The zero-order valence-corrected chi connectivity index (χ0v) is 15.6. The zero-order valence-electron chi connectivity index (χ0n) is 15.6. The van der Waals surface area contributed by atoms with Crippen molar-refractivity contribution >= 4 is 5.91 Å². The maximum atomic E-state index is 12.8. The summed E-state index contributed by atoms with van der Waals surface area (Å²) in [5.74, 6) is 2.26. The van der Waals surface area contributed by atoms with Gasteiger partial charge in [0.2, 0.25) is 5.91 Å². The third kappa shape index (κ3) is 4.46. The lowest BCUT2D eigenvalue weighted by atomic mass is 9.95. The van der Waals surface area contributed by atoms with Gasteiger partial charge >= 0.3 is 0 Å². The summed E-state index contributed by atoms with van der Waals surface area (Å²) in [6, 6.07) is 6.01. The summed E-state index contributed by atoms with van der Waals surface area (Å²) < 4.78 is 10.8. The second-order valence-electron chi connectivity index (χ2n) is 7.28. The first kappa shape index (κ1) is 18.1. The molecule has 2 unspecified atom stereocenters. The van der Waals surface area contributed by atoms with E-state index in [0.717, 1.165) is 69.9 Å². The second kappa shape index (κ2) is 8.56. The number of hydrogen-bond acceptors (Lipinski definition) is 3. The molecule has 2 aliphatic heterocycles. The van der Waals surface area contributed by atoms with Crippen molar-refractivity contribution in [2.75, 3.05) is 40.4 Å². The van der Waals surface area contributed by atoms with E-state index in [1.54, 1.807) is 14.2 Å². The molecule has 2 heterocycles. The molecular weight excluding hydrogens is 316 g/mol. The first-order valence-electron chi connectivity index (χ1n) is 9.54. The Hall–Kier alpha value is -1.75. The number of benzene rings is 1. The Labute approximate surface area is 150 Å². The number of likely N-dealkylation sites (tertiary alicyclic amines) is 2. The van der Waals surface area contributed by atoms with Gasteiger partial charge in [0, 0.05) is 24.7 Å². The maximum absolute atomic E-state index is 12.8. The quantitative estimate of drug-likeness (QED) is 0.878. The molecule has 0 radical (unpaired) electrons. The molecule has 2 atom stereocenters. The molecular formula is C20H31N2O3+. The lowest BCUT2D eigenvalue weighted by molar-refractivity contribution is -0.921. The highest BCUT2D eigenvalue weighted by Crippen LogP contribution is 2.24. The second-order valence-corrected chi connectivity index (χ2v) is 7.28. The molecule has 5 heteroatoms. The Morgan fingerprint density at radius 2 is 1.96 bits per heavy atom. The van der Waals surface area contributed by atoms with Crippen LogP contribution in [0.2, 0.25) is 0 Å². The van der Waals surface area contributed by atoms with Gasteiger partial charge < -0.3 is 19.3 Å². The van der Waals surface area contributed by atoms with Crippen molar-refractivity contribution in [1.29, 1.82) is 0 Å². The van der Waals surface area contributed by atoms with Crippen LogP contribution in [0.1, 0.15) is 37.7 Å². The van der Waals surface area contributed by atoms with Gasteiger partial charge in [0.15, 0.2) is 0 Å². The van der Waals surface area contributed by atoms with E-state index in [1.807, 2.05) is 12.1 Å². The topological polar surface area (TPSA) is 43.2 Å². The third-order valence-electron chi connectivity index (χ3n) is 5.57. The Morgan fingerprint density at radius 1 is 1.16 bits per heavy atom. The highest BCUT2D eigenvalue weighted by molar-refractivity contribution is 5.79. The van der Waals surface area contributed by atoms with Gasteiger partial charge in [-0.1, -0.05) is 0 Å². The van der Waals surface area contributed by atoms with Crippen LogP contribution in [0.5, 0.6) is 11.5 Å². The van der Waals surface area contributed by atoms with Crippen LogP contribution in [0, 0.1) is 5.92 Å². The number of rotatable bonds is 5. The molecule has 1 amide bonds. The van der Waals surface area contributed by atoms with Crippen LogP contribution in [0.25, 0.3) is 0 Å². The van der Waals surface area contributed by atoms with Gasteiger partial charge in [-0.15, -0.1) is 0 Å². The molecule has 1 aromatic rings. The van der Waals surface area contributed by atoms with E-state index in [2.05, 4.69) is 11.0 Å². The van der Waals surface area contributed by atoms with Crippen LogP contribution in [0.15, 0.2) is 18.2 Å². The maximum Gasteiger partial charge on any atom is 0.231 e. The summed E-state index contributed by atoms with van der Waals surface area (Å²) in [7, 11) is 3.37. The first-order chi connectivity index (χ1) is 12.2. The van der Waals surface area contributed by atoms with Gasteiger partial charge in [-0.05, 0) is 44.2 Å². The number of nitrogens with one attached hydrogen (secondary N) is 1. The number of quaternary nitrogens is 1. The van der Waals surface area contributed by atoms with E-state index in [-0.39, 0.29) is 5.92 Å². The van der Waals surface area contributed by atoms with Gasteiger partial charge in [-0.3, -0.25) is 4.79 Å². The summed E-state index contributed by atoms with van der Waals surface area (Å²) in [4.78, 5) is 16.4. The fourth-order valence-electron chi connectivity index (χ4n) is 4.16. The van der Waals surface area contributed by atoms with E-state index in [9.17, 15) is 4.79 Å². The molecule has 138 valence electrons.